The van der Waals surface area contributed by atoms with Gasteiger partial charge >= 0.3 is 6.18 Å². The minimum Gasteiger partial charge on any atom is -0.222 e. The van der Waals surface area contributed by atoms with E-state index in [9.17, 15) is 13.2 Å². The third-order valence-electron chi connectivity index (χ3n) is 2.32. The largest absolute Gasteiger partial charge is 0.435 e. The van der Waals surface area contributed by atoms with Gasteiger partial charge in [0, 0.05) is 18.7 Å². The highest BCUT2D eigenvalue weighted by Crippen LogP contribution is 2.27. The topological polar surface area (TPSA) is 43.6 Å². The smallest absolute Gasteiger partial charge is 0.222 e. The molecule has 0 unspecified atom stereocenters. The van der Waals surface area contributed by atoms with Crippen molar-refractivity contribution in [1.82, 2.24) is 19.7 Å². The van der Waals surface area contributed by atoms with Crippen LogP contribution in [0.2, 0.25) is 5.15 Å². The molecule has 2 aromatic heterocycles. The van der Waals surface area contributed by atoms with Crippen molar-refractivity contribution >= 4 is 11.6 Å². The summed E-state index contributed by atoms with van der Waals surface area (Å²) in [6.07, 6.45) is -1.88. The molecule has 0 radical (unpaired) electrons. The van der Waals surface area contributed by atoms with E-state index in [-0.39, 0.29) is 11.0 Å². The highest BCUT2D eigenvalue weighted by atomic mass is 35.5. The molecule has 0 saturated heterocycles. The minimum absolute atomic E-state index is 0.178. The molecule has 0 spiro atoms. The summed E-state index contributed by atoms with van der Waals surface area (Å²) >= 11 is 5.82. The number of halogens is 4. The number of hydrogen-bond donors (Lipinski definition) is 0. The Morgan fingerprint density at radius 1 is 1.32 bits per heavy atom. The quantitative estimate of drug-likeness (QED) is 0.815. The molecule has 4 nitrogen and oxygen atoms in total. The van der Waals surface area contributed by atoms with Gasteiger partial charge in [0.15, 0.2) is 11.5 Å². The van der Waals surface area contributed by atoms with Crippen LogP contribution in [-0.4, -0.2) is 19.7 Å². The number of alkyl halides is 3. The van der Waals surface area contributed by atoms with E-state index in [0.29, 0.717) is 12.2 Å². The molecule has 0 aromatic carbocycles. The summed E-state index contributed by atoms with van der Waals surface area (Å²) in [5.41, 5.74) is -0.973. The zero-order chi connectivity index (χ0) is 14.0. The molecule has 19 heavy (non-hydrogen) atoms. The minimum atomic E-state index is -4.48. The Morgan fingerprint density at radius 3 is 2.63 bits per heavy atom. The fraction of sp³-hybridized carbons (Fsp3) is 0.364. The zero-order valence-corrected chi connectivity index (χ0v) is 10.7. The lowest BCUT2D eigenvalue weighted by atomic mass is 10.3. The number of aryl methyl sites for hydroxylation is 1. The first-order chi connectivity index (χ1) is 8.90. The monoisotopic (exact) mass is 290 g/mol. The molecule has 0 aliphatic carbocycles. The van der Waals surface area contributed by atoms with Crippen molar-refractivity contribution in [3.63, 3.8) is 0 Å². The van der Waals surface area contributed by atoms with Gasteiger partial charge < -0.3 is 0 Å². The average molecular weight is 291 g/mol. The summed E-state index contributed by atoms with van der Waals surface area (Å²) in [6.45, 7) is 1.94. The molecular weight excluding hydrogens is 281 g/mol. The summed E-state index contributed by atoms with van der Waals surface area (Å²) in [7, 11) is 0. The van der Waals surface area contributed by atoms with Crippen molar-refractivity contribution in [2.75, 3.05) is 0 Å². The second kappa shape index (κ2) is 5.16. The van der Waals surface area contributed by atoms with Crippen LogP contribution in [0.3, 0.4) is 0 Å². The summed E-state index contributed by atoms with van der Waals surface area (Å²) in [5.74, 6) is 0.702. The lowest BCUT2D eigenvalue weighted by Crippen LogP contribution is -2.08. The van der Waals surface area contributed by atoms with Crippen molar-refractivity contribution in [1.29, 1.82) is 0 Å². The van der Waals surface area contributed by atoms with Crippen LogP contribution in [0.5, 0.6) is 0 Å². The van der Waals surface area contributed by atoms with Gasteiger partial charge in [-0.1, -0.05) is 18.5 Å². The Morgan fingerprint density at radius 2 is 2.05 bits per heavy atom. The second-order valence-electron chi connectivity index (χ2n) is 3.86. The Kier molecular flexibility index (Phi) is 3.75. The van der Waals surface area contributed by atoms with Crippen LogP contribution in [0.15, 0.2) is 18.3 Å². The molecule has 0 aliphatic rings. The van der Waals surface area contributed by atoms with E-state index in [1.807, 2.05) is 6.92 Å². The molecule has 0 atom stereocenters. The van der Waals surface area contributed by atoms with E-state index >= 15 is 0 Å². The van der Waals surface area contributed by atoms with Crippen LogP contribution in [0.4, 0.5) is 13.2 Å². The Bertz CT molecular complexity index is 580. The van der Waals surface area contributed by atoms with Gasteiger partial charge in [-0.15, -0.1) is 0 Å². The zero-order valence-electron chi connectivity index (χ0n) is 9.95. The van der Waals surface area contributed by atoms with Gasteiger partial charge in [-0.05, 0) is 12.5 Å². The predicted octanol–water partition coefficient (Wildman–Crippen LogP) is 3.29. The lowest BCUT2D eigenvalue weighted by Gasteiger charge is -2.05. The first-order valence-electron chi connectivity index (χ1n) is 5.57. The van der Waals surface area contributed by atoms with Gasteiger partial charge in [-0.2, -0.15) is 18.3 Å². The first-order valence-corrected chi connectivity index (χ1v) is 5.94. The molecule has 0 amide bonds. The standard InChI is InChI=1S/C11H10ClF3N4/c1-2-3-9-16-8(12)6-10(17-9)19-5-4-7(18-19)11(13,14)15/h4-6H,2-3H2,1H3. The molecule has 0 aliphatic heterocycles. The molecule has 8 heteroatoms. The fourth-order valence-electron chi connectivity index (χ4n) is 1.51. The van der Waals surface area contributed by atoms with Gasteiger partial charge in [0.1, 0.15) is 11.0 Å². The Balaban J connectivity index is 2.38. The van der Waals surface area contributed by atoms with E-state index in [2.05, 4.69) is 15.1 Å². The molecule has 0 bridgehead atoms. The van der Waals surface area contributed by atoms with E-state index in [4.69, 9.17) is 11.6 Å². The van der Waals surface area contributed by atoms with E-state index in [0.717, 1.165) is 17.2 Å². The SMILES string of the molecule is CCCc1nc(Cl)cc(-n2ccc(C(F)(F)F)n2)n1. The normalized spacial score (nSPS) is 11.8. The predicted molar refractivity (Wildman–Crippen MR) is 63.2 cm³/mol. The van der Waals surface area contributed by atoms with Gasteiger partial charge in [-0.3, -0.25) is 0 Å². The molecule has 102 valence electrons. The van der Waals surface area contributed by atoms with Crippen molar-refractivity contribution in [2.45, 2.75) is 25.9 Å². The van der Waals surface area contributed by atoms with E-state index < -0.39 is 11.9 Å². The van der Waals surface area contributed by atoms with Crippen molar-refractivity contribution in [3.05, 3.63) is 35.0 Å². The number of hydrogen-bond acceptors (Lipinski definition) is 3. The van der Waals surface area contributed by atoms with Gasteiger partial charge in [-0.25, -0.2) is 14.6 Å². The summed E-state index contributed by atoms with van der Waals surface area (Å²) in [5, 5.41) is 3.62. The molecular formula is C11H10ClF3N4. The maximum atomic E-state index is 12.5. The molecule has 0 saturated carbocycles. The Hall–Kier alpha value is -1.63. The van der Waals surface area contributed by atoms with Crippen LogP contribution < -0.4 is 0 Å². The average Bonchev–Trinajstić information content (AvgIpc) is 2.77. The second-order valence-corrected chi connectivity index (χ2v) is 4.25. The summed E-state index contributed by atoms with van der Waals surface area (Å²) < 4.78 is 38.4. The fourth-order valence-corrected chi connectivity index (χ4v) is 1.70. The maximum absolute atomic E-state index is 12.5. The molecule has 0 fully saturated rings. The number of rotatable bonds is 3. The van der Waals surface area contributed by atoms with Crippen LogP contribution in [0, 0.1) is 0 Å². The summed E-state index contributed by atoms with van der Waals surface area (Å²) in [6, 6.07) is 2.25. The van der Waals surface area contributed by atoms with Crippen LogP contribution in [-0.2, 0) is 12.6 Å². The van der Waals surface area contributed by atoms with Crippen molar-refractivity contribution in [3.8, 4) is 5.82 Å². The highest BCUT2D eigenvalue weighted by molar-refractivity contribution is 6.29. The van der Waals surface area contributed by atoms with Crippen LogP contribution >= 0.6 is 11.6 Å². The van der Waals surface area contributed by atoms with E-state index in [1.54, 1.807) is 0 Å². The van der Waals surface area contributed by atoms with Crippen LogP contribution in [0.1, 0.15) is 24.9 Å². The third-order valence-corrected chi connectivity index (χ3v) is 2.51. The lowest BCUT2D eigenvalue weighted by molar-refractivity contribution is -0.141. The highest BCUT2D eigenvalue weighted by Gasteiger charge is 2.33. The van der Waals surface area contributed by atoms with Gasteiger partial charge in [0.2, 0.25) is 0 Å². The van der Waals surface area contributed by atoms with E-state index in [1.165, 1.54) is 12.3 Å². The van der Waals surface area contributed by atoms with Gasteiger partial charge in [0.05, 0.1) is 0 Å². The van der Waals surface area contributed by atoms with Crippen molar-refractivity contribution in [2.24, 2.45) is 0 Å². The molecule has 2 rings (SSSR count). The first kappa shape index (κ1) is 13.8. The maximum Gasteiger partial charge on any atom is 0.435 e. The molecule has 0 N–H and O–H groups in total. The number of aromatic nitrogens is 4. The number of nitrogens with zero attached hydrogens (tertiary/aromatic N) is 4. The third kappa shape index (κ3) is 3.23. The van der Waals surface area contributed by atoms with Crippen LogP contribution in [0.25, 0.3) is 5.82 Å². The Labute approximate surface area is 112 Å². The van der Waals surface area contributed by atoms with Gasteiger partial charge in [0.25, 0.3) is 0 Å². The summed E-state index contributed by atoms with van der Waals surface area (Å²) in [4.78, 5) is 8.12. The molecule has 2 aromatic rings. The van der Waals surface area contributed by atoms with Crippen molar-refractivity contribution < 1.29 is 13.2 Å². The molecule has 2 heterocycles.